The van der Waals surface area contributed by atoms with E-state index in [4.69, 9.17) is 0 Å². The van der Waals surface area contributed by atoms with Crippen molar-refractivity contribution in [2.24, 2.45) is 0 Å². The van der Waals surface area contributed by atoms with Crippen LogP contribution in [0, 0.1) is 0 Å². The zero-order valence-electron chi connectivity index (χ0n) is 11.9. The van der Waals surface area contributed by atoms with Gasteiger partial charge in [-0.15, -0.1) is 11.3 Å². The van der Waals surface area contributed by atoms with Gasteiger partial charge in [0.25, 0.3) is 0 Å². The fraction of sp³-hybridized carbons (Fsp3) is 0.118. The lowest BCUT2D eigenvalue weighted by molar-refractivity contribution is 0.404. The first-order valence-corrected chi connectivity index (χ1v) is 7.86. The van der Waals surface area contributed by atoms with Crippen LogP contribution in [0.3, 0.4) is 0 Å². The van der Waals surface area contributed by atoms with Crippen LogP contribution in [-0.2, 0) is 6.42 Å². The highest BCUT2D eigenvalue weighted by atomic mass is 32.1. The molecule has 112 valence electrons. The van der Waals surface area contributed by atoms with Gasteiger partial charge in [0.2, 0.25) is 0 Å². The molecule has 0 spiro atoms. The van der Waals surface area contributed by atoms with E-state index in [-0.39, 0.29) is 11.5 Å². The molecule has 3 rings (SSSR count). The van der Waals surface area contributed by atoms with Gasteiger partial charge >= 0.3 is 0 Å². The van der Waals surface area contributed by atoms with E-state index in [9.17, 15) is 10.2 Å². The van der Waals surface area contributed by atoms with E-state index < -0.39 is 0 Å². The molecule has 3 N–H and O–H groups in total. The fourth-order valence-electron chi connectivity index (χ4n) is 2.13. The lowest BCUT2D eigenvalue weighted by Gasteiger charge is -2.03. The molecule has 0 aliphatic rings. The number of aromatic hydroxyl groups is 2. The Morgan fingerprint density at radius 3 is 2.59 bits per heavy atom. The van der Waals surface area contributed by atoms with E-state index in [1.54, 1.807) is 6.07 Å². The van der Waals surface area contributed by atoms with Gasteiger partial charge in [-0.3, -0.25) is 0 Å². The number of hydrogen-bond acceptors (Lipinski definition) is 5. The van der Waals surface area contributed by atoms with Crippen LogP contribution in [0.25, 0.3) is 11.3 Å². The van der Waals surface area contributed by atoms with Gasteiger partial charge in [0, 0.05) is 17.5 Å². The molecule has 3 aromatic rings. The maximum atomic E-state index is 9.55. The minimum Gasteiger partial charge on any atom is -0.504 e. The predicted octanol–water partition coefficient (Wildman–Crippen LogP) is 3.88. The molecule has 0 fully saturated rings. The summed E-state index contributed by atoms with van der Waals surface area (Å²) in [6, 6.07) is 15.0. The third kappa shape index (κ3) is 3.38. The molecule has 1 heterocycles. The molecule has 0 saturated heterocycles. The van der Waals surface area contributed by atoms with Crippen LogP contribution < -0.4 is 5.32 Å². The Hall–Kier alpha value is -2.53. The molecular weight excluding hydrogens is 296 g/mol. The van der Waals surface area contributed by atoms with Crippen molar-refractivity contribution in [3.05, 3.63) is 59.5 Å². The van der Waals surface area contributed by atoms with Gasteiger partial charge in [0.15, 0.2) is 16.6 Å². The first kappa shape index (κ1) is 14.4. The van der Waals surface area contributed by atoms with Crippen molar-refractivity contribution in [1.82, 2.24) is 4.98 Å². The summed E-state index contributed by atoms with van der Waals surface area (Å²) in [5, 5.41) is 25.0. The van der Waals surface area contributed by atoms with Crippen LogP contribution in [-0.4, -0.2) is 21.7 Å². The van der Waals surface area contributed by atoms with Crippen molar-refractivity contribution in [3.8, 4) is 22.8 Å². The second-order valence-electron chi connectivity index (χ2n) is 4.90. The summed E-state index contributed by atoms with van der Waals surface area (Å²) in [6.07, 6.45) is 0.940. The number of aromatic nitrogens is 1. The number of benzene rings is 2. The normalized spacial score (nSPS) is 10.5. The SMILES string of the molecule is Oc1ccc(-c2csc(NCCc3ccccc3)n2)cc1O. The second-order valence-corrected chi connectivity index (χ2v) is 5.76. The molecule has 0 radical (unpaired) electrons. The predicted molar refractivity (Wildman–Crippen MR) is 89.5 cm³/mol. The number of anilines is 1. The van der Waals surface area contributed by atoms with Crippen molar-refractivity contribution in [3.63, 3.8) is 0 Å². The highest BCUT2D eigenvalue weighted by Gasteiger charge is 2.07. The number of nitrogens with zero attached hydrogens (tertiary/aromatic N) is 1. The average molecular weight is 312 g/mol. The van der Waals surface area contributed by atoms with Crippen molar-refractivity contribution in [2.75, 3.05) is 11.9 Å². The molecule has 22 heavy (non-hydrogen) atoms. The Morgan fingerprint density at radius 1 is 1.00 bits per heavy atom. The summed E-state index contributed by atoms with van der Waals surface area (Å²) in [5.41, 5.74) is 2.85. The molecule has 0 saturated carbocycles. The summed E-state index contributed by atoms with van der Waals surface area (Å²) in [6.45, 7) is 0.817. The zero-order valence-corrected chi connectivity index (χ0v) is 12.7. The van der Waals surface area contributed by atoms with Gasteiger partial charge in [-0.05, 0) is 30.2 Å². The Labute approximate surface area is 132 Å². The van der Waals surface area contributed by atoms with Crippen LogP contribution in [0.15, 0.2) is 53.9 Å². The maximum absolute atomic E-state index is 9.55. The first-order chi connectivity index (χ1) is 10.7. The molecule has 0 amide bonds. The Bertz CT molecular complexity index is 756. The number of hydrogen-bond donors (Lipinski definition) is 3. The Kier molecular flexibility index (Phi) is 4.25. The van der Waals surface area contributed by atoms with Crippen molar-refractivity contribution in [1.29, 1.82) is 0 Å². The smallest absolute Gasteiger partial charge is 0.183 e. The molecular formula is C17H16N2O2S. The Balaban J connectivity index is 1.62. The van der Waals surface area contributed by atoms with Crippen LogP contribution in [0.1, 0.15) is 5.56 Å². The van der Waals surface area contributed by atoms with E-state index in [2.05, 4.69) is 22.4 Å². The highest BCUT2D eigenvalue weighted by molar-refractivity contribution is 7.14. The fourth-order valence-corrected chi connectivity index (χ4v) is 2.88. The lowest BCUT2D eigenvalue weighted by atomic mass is 10.1. The maximum Gasteiger partial charge on any atom is 0.183 e. The quantitative estimate of drug-likeness (QED) is 0.626. The van der Waals surface area contributed by atoms with Crippen molar-refractivity contribution in [2.45, 2.75) is 6.42 Å². The zero-order chi connectivity index (χ0) is 15.4. The van der Waals surface area contributed by atoms with Crippen LogP contribution in [0.5, 0.6) is 11.5 Å². The van der Waals surface area contributed by atoms with Gasteiger partial charge in [-0.25, -0.2) is 4.98 Å². The molecule has 2 aromatic carbocycles. The summed E-state index contributed by atoms with van der Waals surface area (Å²) in [4.78, 5) is 4.50. The first-order valence-electron chi connectivity index (χ1n) is 6.98. The van der Waals surface area contributed by atoms with E-state index in [0.29, 0.717) is 0 Å². The molecule has 0 aliphatic carbocycles. The minimum atomic E-state index is -0.135. The van der Waals surface area contributed by atoms with E-state index in [0.717, 1.165) is 29.4 Å². The Morgan fingerprint density at radius 2 is 1.82 bits per heavy atom. The number of rotatable bonds is 5. The van der Waals surface area contributed by atoms with Crippen LogP contribution in [0.4, 0.5) is 5.13 Å². The standard InChI is InChI=1S/C17H16N2O2S/c20-15-7-6-13(10-16(15)21)14-11-22-17(19-14)18-9-8-12-4-2-1-3-5-12/h1-7,10-11,20-21H,8-9H2,(H,18,19). The number of nitrogens with one attached hydrogen (secondary N) is 1. The molecule has 1 aromatic heterocycles. The van der Waals surface area contributed by atoms with Gasteiger partial charge in [-0.1, -0.05) is 30.3 Å². The van der Waals surface area contributed by atoms with E-state index in [1.165, 1.54) is 29.0 Å². The summed E-state index contributed by atoms with van der Waals surface area (Å²) in [5.74, 6) is -0.260. The van der Waals surface area contributed by atoms with Gasteiger partial charge in [0.1, 0.15) is 0 Å². The summed E-state index contributed by atoms with van der Waals surface area (Å²) >= 11 is 1.52. The van der Waals surface area contributed by atoms with Crippen LogP contribution >= 0.6 is 11.3 Å². The lowest BCUT2D eigenvalue weighted by Crippen LogP contribution is -2.04. The molecule has 0 atom stereocenters. The van der Waals surface area contributed by atoms with Gasteiger partial charge in [-0.2, -0.15) is 0 Å². The average Bonchev–Trinajstić information content (AvgIpc) is 3.00. The van der Waals surface area contributed by atoms with Crippen LogP contribution in [0.2, 0.25) is 0 Å². The number of phenolic OH excluding ortho intramolecular Hbond substituents is 2. The molecule has 0 bridgehead atoms. The monoisotopic (exact) mass is 312 g/mol. The van der Waals surface area contributed by atoms with Gasteiger partial charge < -0.3 is 15.5 Å². The van der Waals surface area contributed by atoms with Crippen molar-refractivity contribution < 1.29 is 10.2 Å². The summed E-state index contributed by atoms with van der Waals surface area (Å²) < 4.78 is 0. The topological polar surface area (TPSA) is 65.4 Å². The number of phenols is 2. The second kappa shape index (κ2) is 6.49. The van der Waals surface area contributed by atoms with Gasteiger partial charge in [0.05, 0.1) is 5.69 Å². The van der Waals surface area contributed by atoms with E-state index >= 15 is 0 Å². The van der Waals surface area contributed by atoms with E-state index in [1.807, 2.05) is 23.6 Å². The third-order valence-electron chi connectivity index (χ3n) is 3.31. The minimum absolute atomic E-state index is 0.125. The van der Waals surface area contributed by atoms with Crippen molar-refractivity contribution >= 4 is 16.5 Å². The molecule has 5 heteroatoms. The largest absolute Gasteiger partial charge is 0.504 e. The number of thiazole rings is 1. The summed E-state index contributed by atoms with van der Waals surface area (Å²) in [7, 11) is 0. The third-order valence-corrected chi connectivity index (χ3v) is 4.11. The molecule has 0 unspecified atom stereocenters. The molecule has 0 aliphatic heterocycles. The molecule has 4 nitrogen and oxygen atoms in total. The highest BCUT2D eigenvalue weighted by Crippen LogP contribution is 2.31.